The number of anilines is 3. The number of ether oxygens (including phenoxy) is 2. The van der Waals surface area contributed by atoms with Gasteiger partial charge in [0.15, 0.2) is 5.82 Å². The van der Waals surface area contributed by atoms with Crippen LogP contribution in [0.2, 0.25) is 0 Å². The molecular weight excluding hydrogens is 905 g/mol. The zero-order valence-corrected chi connectivity index (χ0v) is 40.3. The van der Waals surface area contributed by atoms with E-state index in [2.05, 4.69) is 55.7 Å². The van der Waals surface area contributed by atoms with Gasteiger partial charge in [0.05, 0.1) is 41.8 Å². The second-order valence-electron chi connectivity index (χ2n) is 18.8. The first-order valence-electron chi connectivity index (χ1n) is 23.2. The van der Waals surface area contributed by atoms with Crippen molar-refractivity contribution >= 4 is 56.7 Å². The Hall–Kier alpha value is -5.61. The molecule has 3 N–H and O–H groups in total. The Morgan fingerprint density at radius 3 is 2.52 bits per heavy atom. The molecule has 3 aromatic carbocycles. The number of nitro benzene ring substituents is 1. The number of nitrogens with zero attached hydrogens (tertiary/aromatic N) is 5. The van der Waals surface area contributed by atoms with Crippen LogP contribution in [0.3, 0.4) is 0 Å². The molecule has 4 atom stereocenters. The third-order valence-electron chi connectivity index (χ3n) is 13.2. The number of nitro groups is 1. The molecule has 0 spiro atoms. The highest BCUT2D eigenvalue weighted by molar-refractivity contribution is 9.10. The number of rotatable bonds is 18. The summed E-state index contributed by atoms with van der Waals surface area (Å²) in [4.78, 5) is 63.9. The molecule has 1 aliphatic carbocycles. The maximum Gasteiger partial charge on any atom is 0.325 e. The van der Waals surface area contributed by atoms with Gasteiger partial charge in [-0.15, -0.1) is 0 Å². The van der Waals surface area contributed by atoms with Crippen molar-refractivity contribution in [3.63, 3.8) is 0 Å². The highest BCUT2D eigenvalue weighted by atomic mass is 79.9. The first-order chi connectivity index (χ1) is 31.6. The number of benzene rings is 3. The second kappa shape index (κ2) is 21.8. The molecule has 1 saturated carbocycles. The number of amides is 4. The summed E-state index contributed by atoms with van der Waals surface area (Å²) in [5.74, 6) is 1.50. The number of hydrogen-bond donors (Lipinski definition) is 3. The Morgan fingerprint density at radius 1 is 0.985 bits per heavy atom. The fourth-order valence-corrected chi connectivity index (χ4v) is 10.1. The zero-order chi connectivity index (χ0) is 47.0. The van der Waals surface area contributed by atoms with Gasteiger partial charge in [-0.2, -0.15) is 0 Å². The smallest absolute Gasteiger partial charge is 0.325 e. The largest absolute Gasteiger partial charge is 0.489 e. The first-order valence-corrected chi connectivity index (χ1v) is 24.0. The summed E-state index contributed by atoms with van der Waals surface area (Å²) in [6.45, 7) is 13.0. The van der Waals surface area contributed by atoms with Crippen LogP contribution in [0, 0.1) is 42.2 Å². The molecule has 0 radical (unpaired) electrons. The molecule has 15 nitrogen and oxygen atoms in total. The standard InChI is InChI=1S/C50H63BrN8O7/c1-32-15-17-35(18-16-32)48(61)58(31-50(4,5)47-39-13-11-12-38(39)40-25-36(59(63)64)19-20-42(40)54-47)21-10-8-6-7-9-14-46(60)57-22-23-65-37(29-57)30-66-44-24-33(2)41(51)26-43(44)55-49(62)56-45-28-52-34(3)27-53-45/h15-20,24-28,37-39,47,54H,6-14,21-23,29-31H2,1-5H3,(H2,53,55,56,62)/t37-,38?,39?,47?/m0/s1. The van der Waals surface area contributed by atoms with E-state index in [1.165, 1.54) is 6.20 Å². The van der Waals surface area contributed by atoms with Gasteiger partial charge in [-0.05, 0) is 99.7 Å². The molecule has 4 aromatic rings. The van der Waals surface area contributed by atoms with Gasteiger partial charge in [-0.1, -0.05) is 73.2 Å². The van der Waals surface area contributed by atoms with Gasteiger partial charge in [-0.25, -0.2) is 9.78 Å². The van der Waals surface area contributed by atoms with Crippen molar-refractivity contribution in [2.75, 3.05) is 55.3 Å². The predicted octanol–water partition coefficient (Wildman–Crippen LogP) is 10.2. The summed E-state index contributed by atoms with van der Waals surface area (Å²) in [7, 11) is 0. The molecule has 3 unspecified atom stereocenters. The fraction of sp³-hybridized carbons (Fsp3) is 0.500. The Kier molecular flexibility index (Phi) is 16.0. The van der Waals surface area contributed by atoms with Crippen molar-refractivity contribution in [3.8, 4) is 5.75 Å². The lowest BCUT2D eigenvalue weighted by Gasteiger charge is -2.47. The summed E-state index contributed by atoms with van der Waals surface area (Å²) in [6, 6.07) is 16.2. The van der Waals surface area contributed by atoms with Gasteiger partial charge in [0.25, 0.3) is 11.6 Å². The molecular formula is C50H63BrN8O7. The van der Waals surface area contributed by atoms with E-state index in [4.69, 9.17) is 9.47 Å². The number of carbonyl (C=O) groups is 3. The van der Waals surface area contributed by atoms with Crippen LogP contribution in [0.5, 0.6) is 5.75 Å². The van der Waals surface area contributed by atoms with Crippen molar-refractivity contribution in [2.45, 2.75) is 110 Å². The van der Waals surface area contributed by atoms with Crippen molar-refractivity contribution in [1.29, 1.82) is 0 Å². The minimum Gasteiger partial charge on any atom is -0.489 e. The summed E-state index contributed by atoms with van der Waals surface area (Å²) in [6.07, 6.45) is 10.8. The summed E-state index contributed by atoms with van der Waals surface area (Å²) >= 11 is 3.54. The Labute approximate surface area is 396 Å². The maximum absolute atomic E-state index is 14.2. The van der Waals surface area contributed by atoms with Crippen LogP contribution in [-0.4, -0.2) is 94.1 Å². The fourth-order valence-electron chi connectivity index (χ4n) is 9.74. The van der Waals surface area contributed by atoms with Crippen molar-refractivity contribution in [3.05, 3.63) is 110 Å². The van der Waals surface area contributed by atoms with Gasteiger partial charge in [0, 0.05) is 65.4 Å². The average Bonchev–Trinajstić information content (AvgIpc) is 3.80. The zero-order valence-electron chi connectivity index (χ0n) is 38.7. The first kappa shape index (κ1) is 48.3. The molecule has 1 saturated heterocycles. The number of fused-ring (bicyclic) bond motifs is 3. The van der Waals surface area contributed by atoms with Crippen LogP contribution in [0.25, 0.3) is 0 Å². The van der Waals surface area contributed by atoms with Crippen molar-refractivity contribution in [2.24, 2.45) is 11.3 Å². The summed E-state index contributed by atoms with van der Waals surface area (Å²) < 4.78 is 13.0. The van der Waals surface area contributed by atoms with Gasteiger partial charge < -0.3 is 29.9 Å². The number of halogens is 1. The van der Waals surface area contributed by atoms with Gasteiger partial charge in [0.2, 0.25) is 5.91 Å². The Balaban J connectivity index is 0.877. The van der Waals surface area contributed by atoms with Crippen LogP contribution in [0.4, 0.5) is 27.7 Å². The third-order valence-corrected chi connectivity index (χ3v) is 14.1. The second-order valence-corrected chi connectivity index (χ2v) is 19.7. The van der Waals surface area contributed by atoms with Gasteiger partial charge in [-0.3, -0.25) is 30.0 Å². The molecule has 352 valence electrons. The van der Waals surface area contributed by atoms with E-state index in [1.807, 2.05) is 67.0 Å². The lowest BCUT2D eigenvalue weighted by Crippen LogP contribution is -2.52. The van der Waals surface area contributed by atoms with E-state index in [-0.39, 0.29) is 52.5 Å². The van der Waals surface area contributed by atoms with E-state index >= 15 is 0 Å². The third kappa shape index (κ3) is 12.2. The number of carbonyl (C=O) groups excluding carboxylic acids is 3. The predicted molar refractivity (Wildman–Crippen MR) is 259 cm³/mol. The van der Waals surface area contributed by atoms with Crippen LogP contribution < -0.4 is 20.7 Å². The minimum absolute atomic E-state index is 0.0266. The molecule has 0 bridgehead atoms. The molecule has 2 fully saturated rings. The number of aromatic nitrogens is 2. The van der Waals surface area contributed by atoms with E-state index in [0.29, 0.717) is 67.9 Å². The molecule has 4 amide bonds. The van der Waals surface area contributed by atoms with Crippen LogP contribution in [0.1, 0.15) is 110 Å². The van der Waals surface area contributed by atoms with Crippen LogP contribution in [0.15, 0.2) is 71.5 Å². The molecule has 3 aliphatic rings. The SMILES string of the molecule is Cc1ccc(C(=O)N(CCCCCCCC(=O)N2CCO[C@H](COc3cc(C)c(Br)cc3NC(=O)Nc3cnc(C)cn3)C2)CC(C)(C)C2Nc3ccc([N+](=O)[O-])cc3C3CCCC32)cc1. The maximum atomic E-state index is 14.2. The molecule has 3 heterocycles. The van der Waals surface area contributed by atoms with E-state index < -0.39 is 6.03 Å². The van der Waals surface area contributed by atoms with E-state index in [9.17, 15) is 24.5 Å². The van der Waals surface area contributed by atoms with E-state index in [1.54, 1.807) is 24.4 Å². The van der Waals surface area contributed by atoms with Gasteiger partial charge in [0.1, 0.15) is 18.5 Å². The summed E-state index contributed by atoms with van der Waals surface area (Å²) in [5, 5.41) is 20.9. The molecule has 16 heteroatoms. The Morgan fingerprint density at radius 2 is 1.76 bits per heavy atom. The lowest BCUT2D eigenvalue weighted by atomic mass is 9.69. The van der Waals surface area contributed by atoms with Crippen molar-refractivity contribution in [1.82, 2.24) is 19.8 Å². The highest BCUT2D eigenvalue weighted by Gasteiger charge is 2.47. The number of nitrogens with one attached hydrogen (secondary N) is 3. The summed E-state index contributed by atoms with van der Waals surface area (Å²) in [5.41, 5.74) is 5.77. The van der Waals surface area contributed by atoms with E-state index in [0.717, 1.165) is 83.9 Å². The number of urea groups is 1. The normalized spacial score (nSPS) is 19.0. The molecule has 1 aromatic heterocycles. The Bertz CT molecular complexity index is 2360. The van der Waals surface area contributed by atoms with Crippen LogP contribution in [-0.2, 0) is 9.53 Å². The highest BCUT2D eigenvalue weighted by Crippen LogP contribution is 2.52. The number of aryl methyl sites for hydroxylation is 3. The molecule has 7 rings (SSSR count). The molecule has 2 aliphatic heterocycles. The number of unbranched alkanes of at least 4 members (excludes halogenated alkanes) is 4. The molecule has 66 heavy (non-hydrogen) atoms. The quantitative estimate of drug-likeness (QED) is 0.0493. The van der Waals surface area contributed by atoms with Crippen molar-refractivity contribution < 1.29 is 28.8 Å². The van der Waals surface area contributed by atoms with Crippen LogP contribution >= 0.6 is 15.9 Å². The topological polar surface area (TPSA) is 181 Å². The monoisotopic (exact) mass is 966 g/mol. The average molecular weight is 968 g/mol. The van der Waals surface area contributed by atoms with Gasteiger partial charge >= 0.3 is 6.03 Å². The lowest BCUT2D eigenvalue weighted by molar-refractivity contribution is -0.384. The number of morpholine rings is 1. The minimum atomic E-state index is -0.490. The number of non-ortho nitro benzene ring substituents is 1. The number of hydrogen-bond acceptors (Lipinski definition) is 10.